The average Bonchev–Trinajstić information content (AvgIpc) is 1.94. The van der Waals surface area contributed by atoms with E-state index < -0.39 is 0 Å². The van der Waals surface area contributed by atoms with Gasteiger partial charge in [-0.15, -0.1) is 0 Å². The number of hydrogen-bond donors (Lipinski definition) is 2. The number of hydrogen-bond acceptors (Lipinski definition) is 3. The molecule has 0 saturated carbocycles. The van der Waals surface area contributed by atoms with Gasteiger partial charge in [-0.25, -0.2) is 0 Å². The number of nitrogen functional groups attached to an aromatic ring is 1. The predicted molar refractivity (Wildman–Crippen MR) is 39.3 cm³/mol. The van der Waals surface area contributed by atoms with E-state index >= 15 is 0 Å². The molecule has 0 saturated heterocycles. The maximum atomic E-state index is 8.74. The lowest BCUT2D eigenvalue weighted by atomic mass is 10.2. The minimum Gasteiger partial charge on any atom is -0.397 e. The van der Waals surface area contributed by atoms with Gasteiger partial charge < -0.3 is 10.8 Å². The van der Waals surface area contributed by atoms with Crippen LogP contribution in [-0.4, -0.2) is 10.1 Å². The van der Waals surface area contributed by atoms with Gasteiger partial charge in [-0.05, 0) is 13.0 Å². The number of aliphatic hydroxyl groups is 1. The summed E-state index contributed by atoms with van der Waals surface area (Å²) in [6.07, 6.45) is 1.56. The Morgan fingerprint density at radius 1 is 1.70 bits per heavy atom. The Kier molecular flexibility index (Phi) is 1.87. The Hall–Kier alpha value is -1.09. The highest BCUT2D eigenvalue weighted by molar-refractivity contribution is 5.44. The summed E-state index contributed by atoms with van der Waals surface area (Å²) < 4.78 is 0. The van der Waals surface area contributed by atoms with E-state index in [1.807, 2.05) is 6.92 Å². The summed E-state index contributed by atoms with van der Waals surface area (Å²) in [5.74, 6) is 0. The summed E-state index contributed by atoms with van der Waals surface area (Å²) in [7, 11) is 0. The monoisotopic (exact) mass is 138 g/mol. The minimum atomic E-state index is -0.0187. The van der Waals surface area contributed by atoms with Gasteiger partial charge in [-0.1, -0.05) is 0 Å². The first-order valence-electron chi connectivity index (χ1n) is 3.06. The zero-order valence-corrected chi connectivity index (χ0v) is 5.83. The van der Waals surface area contributed by atoms with Gasteiger partial charge >= 0.3 is 0 Å². The van der Waals surface area contributed by atoms with Crippen molar-refractivity contribution in [3.8, 4) is 0 Å². The van der Waals surface area contributed by atoms with Crippen LogP contribution in [0.4, 0.5) is 5.69 Å². The van der Waals surface area contributed by atoms with Crippen LogP contribution in [0, 0.1) is 6.92 Å². The van der Waals surface area contributed by atoms with Crippen molar-refractivity contribution in [2.24, 2.45) is 0 Å². The number of pyridine rings is 1. The summed E-state index contributed by atoms with van der Waals surface area (Å²) in [5.41, 5.74) is 7.64. The van der Waals surface area contributed by atoms with Crippen molar-refractivity contribution in [2.75, 3.05) is 5.73 Å². The van der Waals surface area contributed by atoms with Gasteiger partial charge in [-0.3, -0.25) is 4.98 Å². The highest BCUT2D eigenvalue weighted by atomic mass is 16.3. The van der Waals surface area contributed by atoms with E-state index in [0.717, 1.165) is 11.3 Å². The quantitative estimate of drug-likeness (QED) is 0.592. The number of aryl methyl sites for hydroxylation is 1. The maximum Gasteiger partial charge on any atom is 0.0703 e. The normalized spacial score (nSPS) is 9.80. The topological polar surface area (TPSA) is 59.1 Å². The fourth-order valence-electron chi connectivity index (χ4n) is 0.764. The van der Waals surface area contributed by atoms with Gasteiger partial charge in [0.25, 0.3) is 0 Å². The van der Waals surface area contributed by atoms with E-state index in [0.29, 0.717) is 5.69 Å². The molecule has 0 unspecified atom stereocenters. The molecule has 0 spiro atoms. The molecule has 10 heavy (non-hydrogen) atoms. The zero-order valence-electron chi connectivity index (χ0n) is 5.83. The molecule has 0 bridgehead atoms. The molecule has 1 heterocycles. The summed E-state index contributed by atoms with van der Waals surface area (Å²) in [6, 6.07) is 1.77. The lowest BCUT2D eigenvalue weighted by Crippen LogP contribution is -1.96. The number of nitrogens with zero attached hydrogens (tertiary/aromatic N) is 1. The number of nitrogens with two attached hydrogens (primary N) is 1. The molecule has 0 radical (unpaired) electrons. The molecule has 0 aliphatic carbocycles. The van der Waals surface area contributed by atoms with Gasteiger partial charge in [0.15, 0.2) is 0 Å². The average molecular weight is 138 g/mol. The number of anilines is 1. The molecule has 0 atom stereocenters. The molecule has 3 nitrogen and oxygen atoms in total. The van der Waals surface area contributed by atoms with E-state index in [9.17, 15) is 0 Å². The fourth-order valence-corrected chi connectivity index (χ4v) is 0.764. The molecule has 0 amide bonds. The smallest absolute Gasteiger partial charge is 0.0703 e. The molecule has 3 N–H and O–H groups in total. The zero-order chi connectivity index (χ0) is 7.56. The van der Waals surface area contributed by atoms with Crippen molar-refractivity contribution in [3.63, 3.8) is 0 Å². The SMILES string of the molecule is Cc1cc(CO)c(N)cn1. The van der Waals surface area contributed by atoms with Gasteiger partial charge in [0, 0.05) is 11.3 Å². The molecule has 54 valence electrons. The van der Waals surface area contributed by atoms with Gasteiger partial charge in [0.05, 0.1) is 18.5 Å². The van der Waals surface area contributed by atoms with Crippen LogP contribution in [0.3, 0.4) is 0 Å². The lowest BCUT2D eigenvalue weighted by Gasteiger charge is -2.00. The highest BCUT2D eigenvalue weighted by Crippen LogP contribution is 2.09. The Balaban J connectivity index is 3.09. The number of aromatic nitrogens is 1. The van der Waals surface area contributed by atoms with E-state index in [1.165, 1.54) is 0 Å². The molecule has 1 aromatic heterocycles. The van der Waals surface area contributed by atoms with E-state index in [2.05, 4.69) is 4.98 Å². The second-order valence-electron chi connectivity index (χ2n) is 2.18. The van der Waals surface area contributed by atoms with Crippen LogP contribution < -0.4 is 5.73 Å². The first-order valence-corrected chi connectivity index (χ1v) is 3.06. The molecule has 0 aliphatic rings. The highest BCUT2D eigenvalue weighted by Gasteiger charge is 1.96. The van der Waals surface area contributed by atoms with Crippen molar-refractivity contribution in [1.82, 2.24) is 4.98 Å². The van der Waals surface area contributed by atoms with Crippen LogP contribution in [-0.2, 0) is 6.61 Å². The Bertz CT molecular complexity index is 235. The first kappa shape index (κ1) is 7.02. The third-order valence-corrected chi connectivity index (χ3v) is 1.33. The second-order valence-corrected chi connectivity index (χ2v) is 2.18. The fraction of sp³-hybridized carbons (Fsp3) is 0.286. The molecule has 0 aromatic carbocycles. The Morgan fingerprint density at radius 2 is 2.40 bits per heavy atom. The van der Waals surface area contributed by atoms with Crippen molar-refractivity contribution in [3.05, 3.63) is 23.5 Å². The Morgan fingerprint density at radius 3 is 2.90 bits per heavy atom. The van der Waals surface area contributed by atoms with Crippen molar-refractivity contribution >= 4 is 5.69 Å². The van der Waals surface area contributed by atoms with Crippen molar-refractivity contribution in [1.29, 1.82) is 0 Å². The molecule has 0 fully saturated rings. The molecular weight excluding hydrogens is 128 g/mol. The van der Waals surface area contributed by atoms with Crippen molar-refractivity contribution < 1.29 is 5.11 Å². The van der Waals surface area contributed by atoms with Crippen molar-refractivity contribution in [2.45, 2.75) is 13.5 Å². The number of rotatable bonds is 1. The summed E-state index contributed by atoms with van der Waals surface area (Å²) in [6.45, 7) is 1.84. The maximum absolute atomic E-state index is 8.74. The summed E-state index contributed by atoms with van der Waals surface area (Å²) >= 11 is 0. The second kappa shape index (κ2) is 2.66. The lowest BCUT2D eigenvalue weighted by molar-refractivity contribution is 0.282. The van der Waals surface area contributed by atoms with Crippen LogP contribution in [0.5, 0.6) is 0 Å². The molecule has 1 rings (SSSR count). The predicted octanol–water partition coefficient (Wildman–Crippen LogP) is 0.465. The Labute approximate surface area is 59.5 Å². The van der Waals surface area contributed by atoms with E-state index in [1.54, 1.807) is 12.3 Å². The van der Waals surface area contributed by atoms with Crippen LogP contribution in [0.2, 0.25) is 0 Å². The molecule has 3 heteroatoms. The standard InChI is InChI=1S/C7H10N2O/c1-5-2-6(4-10)7(8)3-9-5/h2-3,10H,4,8H2,1H3. The van der Waals surface area contributed by atoms with E-state index in [-0.39, 0.29) is 6.61 Å². The summed E-state index contributed by atoms with van der Waals surface area (Å²) in [4.78, 5) is 3.95. The summed E-state index contributed by atoms with van der Waals surface area (Å²) in [5, 5.41) is 8.74. The largest absolute Gasteiger partial charge is 0.397 e. The third-order valence-electron chi connectivity index (χ3n) is 1.33. The van der Waals surface area contributed by atoms with Gasteiger partial charge in [-0.2, -0.15) is 0 Å². The van der Waals surface area contributed by atoms with Crippen LogP contribution in [0.1, 0.15) is 11.3 Å². The number of aliphatic hydroxyl groups excluding tert-OH is 1. The van der Waals surface area contributed by atoms with Crippen LogP contribution in [0.25, 0.3) is 0 Å². The molecular formula is C7H10N2O. The third kappa shape index (κ3) is 1.25. The van der Waals surface area contributed by atoms with Gasteiger partial charge in [0.2, 0.25) is 0 Å². The van der Waals surface area contributed by atoms with Crippen LogP contribution in [0.15, 0.2) is 12.3 Å². The first-order chi connectivity index (χ1) is 4.74. The molecule has 0 aliphatic heterocycles. The van der Waals surface area contributed by atoms with Crippen LogP contribution >= 0.6 is 0 Å². The minimum absolute atomic E-state index is 0.0187. The molecule has 1 aromatic rings. The van der Waals surface area contributed by atoms with E-state index in [4.69, 9.17) is 10.8 Å². The van der Waals surface area contributed by atoms with Gasteiger partial charge in [0.1, 0.15) is 0 Å².